The predicted octanol–water partition coefficient (Wildman–Crippen LogP) is 2.99. The van der Waals surface area contributed by atoms with E-state index < -0.39 is 6.10 Å². The maximum Gasteiger partial charge on any atom is 0.266 e. The van der Waals surface area contributed by atoms with Crippen LogP contribution in [0.15, 0.2) is 36.5 Å². The van der Waals surface area contributed by atoms with Crippen molar-refractivity contribution in [1.82, 2.24) is 4.98 Å². The summed E-state index contributed by atoms with van der Waals surface area (Å²) in [6.07, 6.45) is 1.63. The van der Waals surface area contributed by atoms with E-state index >= 15 is 0 Å². The number of aryl methyl sites for hydroxylation is 1. The normalized spacial score (nSPS) is 16.4. The van der Waals surface area contributed by atoms with Crippen LogP contribution in [0.2, 0.25) is 5.02 Å². The van der Waals surface area contributed by atoms with Crippen LogP contribution in [-0.2, 0) is 11.2 Å². The third-order valence-corrected chi connectivity index (χ3v) is 3.48. The van der Waals surface area contributed by atoms with Crippen molar-refractivity contribution in [2.24, 2.45) is 0 Å². The zero-order valence-electron chi connectivity index (χ0n) is 10.9. The summed E-state index contributed by atoms with van der Waals surface area (Å²) in [5.41, 5.74) is 1.87. The lowest BCUT2D eigenvalue weighted by Gasteiger charge is -2.12. The molecule has 1 N–H and O–H groups in total. The van der Waals surface area contributed by atoms with Gasteiger partial charge in [-0.15, -0.1) is 0 Å². The molecule has 20 heavy (non-hydrogen) atoms. The van der Waals surface area contributed by atoms with Crippen molar-refractivity contribution in [3.63, 3.8) is 0 Å². The van der Waals surface area contributed by atoms with E-state index in [0.29, 0.717) is 23.0 Å². The van der Waals surface area contributed by atoms with Gasteiger partial charge in [0.2, 0.25) is 0 Å². The number of nitrogens with one attached hydrogen (secondary N) is 1. The zero-order valence-corrected chi connectivity index (χ0v) is 11.6. The van der Waals surface area contributed by atoms with Crippen LogP contribution in [0, 0.1) is 6.92 Å². The zero-order chi connectivity index (χ0) is 14.1. The smallest absolute Gasteiger partial charge is 0.266 e. The second kappa shape index (κ2) is 5.13. The number of amides is 1. The third-order valence-electron chi connectivity index (χ3n) is 3.24. The van der Waals surface area contributed by atoms with Gasteiger partial charge >= 0.3 is 0 Å². The van der Waals surface area contributed by atoms with E-state index in [1.165, 1.54) is 0 Å². The van der Waals surface area contributed by atoms with E-state index in [9.17, 15) is 4.79 Å². The van der Waals surface area contributed by atoms with Crippen LogP contribution in [0.5, 0.6) is 5.75 Å². The number of benzene rings is 1. The first kappa shape index (κ1) is 12.9. The number of hydrogen-bond donors (Lipinski definition) is 1. The molecule has 1 aliphatic rings. The van der Waals surface area contributed by atoms with Gasteiger partial charge in [0.15, 0.2) is 6.10 Å². The Morgan fingerprint density at radius 1 is 1.45 bits per heavy atom. The molecule has 1 aliphatic heterocycles. The summed E-state index contributed by atoms with van der Waals surface area (Å²) in [4.78, 5) is 16.4. The first-order valence-corrected chi connectivity index (χ1v) is 6.69. The first-order valence-electron chi connectivity index (χ1n) is 6.31. The predicted molar refractivity (Wildman–Crippen MR) is 77.2 cm³/mol. The summed E-state index contributed by atoms with van der Waals surface area (Å²) in [6, 6.07) is 9.10. The molecule has 1 aromatic carbocycles. The molecule has 0 saturated carbocycles. The molecule has 0 spiro atoms. The maximum absolute atomic E-state index is 12.2. The molecule has 4 nitrogen and oxygen atoms in total. The number of nitrogens with zero attached hydrogens (tertiary/aromatic N) is 1. The highest BCUT2D eigenvalue weighted by molar-refractivity contribution is 6.30. The fourth-order valence-electron chi connectivity index (χ4n) is 2.18. The van der Waals surface area contributed by atoms with Crippen LogP contribution in [-0.4, -0.2) is 17.0 Å². The van der Waals surface area contributed by atoms with E-state index in [-0.39, 0.29) is 5.91 Å². The fraction of sp³-hybridized carbons (Fsp3) is 0.200. The Morgan fingerprint density at radius 2 is 2.30 bits per heavy atom. The second-order valence-corrected chi connectivity index (χ2v) is 5.16. The summed E-state index contributed by atoms with van der Waals surface area (Å²) in [6.45, 7) is 1.90. The number of ether oxygens (including phenoxy) is 1. The number of carbonyl (C=O) groups is 1. The second-order valence-electron chi connectivity index (χ2n) is 4.72. The molecular formula is C15H13ClN2O2. The number of anilines is 1. The molecular weight excluding hydrogens is 276 g/mol. The van der Waals surface area contributed by atoms with Crippen molar-refractivity contribution >= 4 is 23.3 Å². The molecule has 2 heterocycles. The summed E-state index contributed by atoms with van der Waals surface area (Å²) >= 11 is 5.94. The fourth-order valence-corrected chi connectivity index (χ4v) is 2.37. The lowest BCUT2D eigenvalue weighted by atomic mass is 10.1. The molecule has 3 rings (SSSR count). The molecule has 1 aromatic heterocycles. The van der Waals surface area contributed by atoms with E-state index in [2.05, 4.69) is 10.3 Å². The molecule has 102 valence electrons. The molecule has 0 fully saturated rings. The number of pyridine rings is 1. The lowest BCUT2D eigenvalue weighted by molar-refractivity contribution is -0.122. The number of rotatable bonds is 2. The van der Waals surface area contributed by atoms with Gasteiger partial charge in [0.25, 0.3) is 5.91 Å². The maximum atomic E-state index is 12.2. The number of hydrogen-bond acceptors (Lipinski definition) is 3. The Kier molecular flexibility index (Phi) is 3.32. The average Bonchev–Trinajstić information content (AvgIpc) is 2.84. The van der Waals surface area contributed by atoms with Gasteiger partial charge in [0, 0.05) is 17.6 Å². The van der Waals surface area contributed by atoms with Gasteiger partial charge in [-0.25, -0.2) is 4.98 Å². The molecule has 0 bridgehead atoms. The van der Waals surface area contributed by atoms with Crippen molar-refractivity contribution in [3.8, 4) is 5.75 Å². The van der Waals surface area contributed by atoms with Crippen LogP contribution in [0.1, 0.15) is 11.1 Å². The van der Waals surface area contributed by atoms with Crippen LogP contribution >= 0.6 is 11.6 Å². The summed E-state index contributed by atoms with van der Waals surface area (Å²) in [5.74, 6) is 1.08. The molecule has 0 aliphatic carbocycles. The molecule has 1 amide bonds. The van der Waals surface area contributed by atoms with Crippen molar-refractivity contribution in [1.29, 1.82) is 0 Å². The Labute approximate surface area is 121 Å². The summed E-state index contributed by atoms with van der Waals surface area (Å²) in [5, 5.41) is 3.44. The van der Waals surface area contributed by atoms with E-state index in [1.54, 1.807) is 18.3 Å². The standard InChI is InChI=1S/C15H13ClN2O2/c1-9-3-2-6-17-14(9)18-15(19)13-8-10-7-11(16)4-5-12(10)20-13/h2-7,13H,8H2,1H3,(H,17,18,19). The lowest BCUT2D eigenvalue weighted by Crippen LogP contribution is -2.32. The Hall–Kier alpha value is -2.07. The van der Waals surface area contributed by atoms with Gasteiger partial charge in [-0.3, -0.25) is 4.79 Å². The molecule has 2 aromatic rings. The number of halogens is 1. The quantitative estimate of drug-likeness (QED) is 0.924. The van der Waals surface area contributed by atoms with Crippen molar-refractivity contribution in [3.05, 3.63) is 52.7 Å². The highest BCUT2D eigenvalue weighted by Crippen LogP contribution is 2.31. The van der Waals surface area contributed by atoms with Crippen molar-refractivity contribution in [2.75, 3.05) is 5.32 Å². The van der Waals surface area contributed by atoms with Crippen LogP contribution in [0.3, 0.4) is 0 Å². The van der Waals surface area contributed by atoms with Crippen LogP contribution < -0.4 is 10.1 Å². The monoisotopic (exact) mass is 288 g/mol. The van der Waals surface area contributed by atoms with E-state index in [0.717, 1.165) is 11.1 Å². The Balaban J connectivity index is 1.73. The SMILES string of the molecule is Cc1cccnc1NC(=O)C1Cc2cc(Cl)ccc2O1. The van der Waals surface area contributed by atoms with Crippen LogP contribution in [0.25, 0.3) is 0 Å². The van der Waals surface area contributed by atoms with Crippen molar-refractivity contribution < 1.29 is 9.53 Å². The largest absolute Gasteiger partial charge is 0.480 e. The number of fused-ring (bicyclic) bond motifs is 1. The van der Waals surface area contributed by atoms with Gasteiger partial charge in [0.05, 0.1) is 0 Å². The van der Waals surface area contributed by atoms with Gasteiger partial charge in [-0.2, -0.15) is 0 Å². The van der Waals surface area contributed by atoms with E-state index in [4.69, 9.17) is 16.3 Å². The molecule has 1 atom stereocenters. The Bertz CT molecular complexity index is 673. The highest BCUT2D eigenvalue weighted by atomic mass is 35.5. The first-order chi connectivity index (χ1) is 9.63. The molecule has 1 unspecified atom stereocenters. The molecule has 0 saturated heterocycles. The minimum absolute atomic E-state index is 0.195. The number of carbonyl (C=O) groups excluding carboxylic acids is 1. The van der Waals surface area contributed by atoms with Gasteiger partial charge in [-0.05, 0) is 42.3 Å². The van der Waals surface area contributed by atoms with Gasteiger partial charge in [0.1, 0.15) is 11.6 Å². The topological polar surface area (TPSA) is 51.2 Å². The van der Waals surface area contributed by atoms with E-state index in [1.807, 2.05) is 25.1 Å². The van der Waals surface area contributed by atoms with Gasteiger partial charge < -0.3 is 10.1 Å². The summed E-state index contributed by atoms with van der Waals surface area (Å²) < 4.78 is 5.64. The average molecular weight is 289 g/mol. The Morgan fingerprint density at radius 3 is 3.10 bits per heavy atom. The van der Waals surface area contributed by atoms with Gasteiger partial charge in [-0.1, -0.05) is 17.7 Å². The minimum atomic E-state index is -0.537. The van der Waals surface area contributed by atoms with Crippen LogP contribution in [0.4, 0.5) is 5.82 Å². The summed E-state index contributed by atoms with van der Waals surface area (Å²) in [7, 11) is 0. The number of aromatic nitrogens is 1. The molecule has 5 heteroatoms. The third kappa shape index (κ3) is 2.47. The highest BCUT2D eigenvalue weighted by Gasteiger charge is 2.29. The molecule has 0 radical (unpaired) electrons. The van der Waals surface area contributed by atoms with Crippen molar-refractivity contribution in [2.45, 2.75) is 19.4 Å². The minimum Gasteiger partial charge on any atom is -0.480 e.